The van der Waals surface area contributed by atoms with Crippen LogP contribution in [0.5, 0.6) is 0 Å². The molecule has 2 aromatic carbocycles. The van der Waals surface area contributed by atoms with Crippen LogP contribution < -0.4 is 5.32 Å². The lowest BCUT2D eigenvalue weighted by atomic mass is 10.2. The molecule has 1 N–H and O–H groups in total. The minimum absolute atomic E-state index is 0.152. The molecule has 0 fully saturated rings. The molecule has 0 spiro atoms. The van der Waals surface area contributed by atoms with Gasteiger partial charge in [-0.1, -0.05) is 41.9 Å². The molecule has 3 aromatic rings. The summed E-state index contributed by atoms with van der Waals surface area (Å²) < 4.78 is 2.14. The highest BCUT2D eigenvalue weighted by atomic mass is 35.5. The van der Waals surface area contributed by atoms with Crippen molar-refractivity contribution in [1.82, 2.24) is 14.9 Å². The van der Waals surface area contributed by atoms with Gasteiger partial charge in [0.1, 0.15) is 5.82 Å². The summed E-state index contributed by atoms with van der Waals surface area (Å²) in [6, 6.07) is 16.2. The van der Waals surface area contributed by atoms with Gasteiger partial charge in [0, 0.05) is 18.6 Å². The molecule has 1 unspecified atom stereocenters. The summed E-state index contributed by atoms with van der Waals surface area (Å²) in [6.45, 7) is 2.85. The van der Waals surface area contributed by atoms with Gasteiger partial charge in [-0.2, -0.15) is 0 Å². The van der Waals surface area contributed by atoms with Gasteiger partial charge in [0.05, 0.1) is 17.1 Å². The number of fused-ring (bicyclic) bond motifs is 1. The Morgan fingerprint density at radius 2 is 1.86 bits per heavy atom. The molecule has 0 aliphatic heterocycles. The number of hydrogen-bond donors (Lipinski definition) is 1. The smallest absolute Gasteiger partial charge is 0.126 e. The van der Waals surface area contributed by atoms with Crippen LogP contribution in [0, 0.1) is 0 Å². The minimum atomic E-state index is 0.152. The molecule has 4 heteroatoms. The third-order valence-electron chi connectivity index (χ3n) is 3.77. The lowest BCUT2D eigenvalue weighted by Gasteiger charge is -2.14. The molecular formula is C17H18ClN3. The van der Waals surface area contributed by atoms with E-state index < -0.39 is 0 Å². The normalized spacial score (nSPS) is 12.7. The third-order valence-corrected chi connectivity index (χ3v) is 4.13. The summed E-state index contributed by atoms with van der Waals surface area (Å²) in [5.41, 5.74) is 3.28. The summed E-state index contributed by atoms with van der Waals surface area (Å²) in [5, 5.41) is 4.28. The molecule has 0 aliphatic carbocycles. The Morgan fingerprint density at radius 3 is 2.62 bits per heavy atom. The zero-order chi connectivity index (χ0) is 14.8. The molecule has 3 nitrogen and oxygen atoms in total. The number of aromatic nitrogens is 2. The van der Waals surface area contributed by atoms with Crippen molar-refractivity contribution >= 4 is 22.6 Å². The van der Waals surface area contributed by atoms with E-state index in [1.54, 1.807) is 0 Å². The molecule has 1 atom stereocenters. The van der Waals surface area contributed by atoms with Gasteiger partial charge in [-0.15, -0.1) is 0 Å². The maximum absolute atomic E-state index is 6.19. The molecule has 1 heterocycles. The Kier molecular flexibility index (Phi) is 3.95. The lowest BCUT2D eigenvalue weighted by Crippen LogP contribution is -2.21. The van der Waals surface area contributed by atoms with Crippen LogP contribution in [0.2, 0.25) is 5.02 Å². The fraction of sp³-hybridized carbons (Fsp3) is 0.235. The van der Waals surface area contributed by atoms with Gasteiger partial charge in [0.15, 0.2) is 0 Å². The molecule has 0 radical (unpaired) electrons. The second-order valence-electron chi connectivity index (χ2n) is 5.21. The van der Waals surface area contributed by atoms with Crippen LogP contribution in [0.4, 0.5) is 0 Å². The van der Waals surface area contributed by atoms with Crippen LogP contribution in [0.15, 0.2) is 48.5 Å². The van der Waals surface area contributed by atoms with Gasteiger partial charge in [-0.3, -0.25) is 0 Å². The molecule has 0 bridgehead atoms. The molecular weight excluding hydrogens is 282 g/mol. The second kappa shape index (κ2) is 5.88. The average molecular weight is 300 g/mol. The van der Waals surface area contributed by atoms with E-state index in [1.165, 1.54) is 0 Å². The first kappa shape index (κ1) is 14.1. The molecule has 1 aromatic heterocycles. The summed E-state index contributed by atoms with van der Waals surface area (Å²) in [4.78, 5) is 4.71. The van der Waals surface area contributed by atoms with Crippen LogP contribution in [0.1, 0.15) is 24.4 Å². The molecule has 0 amide bonds. The summed E-state index contributed by atoms with van der Waals surface area (Å²) in [6.07, 6.45) is 0. The van der Waals surface area contributed by atoms with Gasteiger partial charge in [-0.05, 0) is 30.7 Å². The number of para-hydroxylation sites is 2. The van der Waals surface area contributed by atoms with Crippen molar-refractivity contribution in [1.29, 1.82) is 0 Å². The number of rotatable bonds is 4. The number of imidazole rings is 1. The van der Waals surface area contributed by atoms with Crippen LogP contribution in [-0.2, 0) is 13.6 Å². The number of nitrogens with zero attached hydrogens (tertiary/aromatic N) is 2. The fourth-order valence-electron chi connectivity index (χ4n) is 2.55. The molecule has 0 saturated heterocycles. The first-order valence-corrected chi connectivity index (χ1v) is 7.43. The Labute approximate surface area is 129 Å². The number of aryl methyl sites for hydroxylation is 1. The Morgan fingerprint density at radius 1 is 1.14 bits per heavy atom. The van der Waals surface area contributed by atoms with E-state index in [0.29, 0.717) is 0 Å². The van der Waals surface area contributed by atoms with Crippen molar-refractivity contribution in [3.8, 4) is 0 Å². The maximum atomic E-state index is 6.19. The first-order valence-electron chi connectivity index (χ1n) is 7.05. The van der Waals surface area contributed by atoms with Crippen LogP contribution in [0.3, 0.4) is 0 Å². The van der Waals surface area contributed by atoms with E-state index in [4.69, 9.17) is 16.6 Å². The van der Waals surface area contributed by atoms with E-state index in [0.717, 1.165) is 34.0 Å². The van der Waals surface area contributed by atoms with E-state index in [2.05, 4.69) is 29.9 Å². The second-order valence-corrected chi connectivity index (χ2v) is 5.62. The molecule has 21 heavy (non-hydrogen) atoms. The standard InChI is InChI=1S/C17H18ClN3/c1-12(19-11-13-7-3-4-8-14(13)18)17-20-15-9-5-6-10-16(15)21(17)2/h3-10,12,19H,11H2,1-2H3. The number of benzene rings is 2. The highest BCUT2D eigenvalue weighted by Crippen LogP contribution is 2.20. The van der Waals surface area contributed by atoms with Crippen molar-refractivity contribution < 1.29 is 0 Å². The zero-order valence-electron chi connectivity index (χ0n) is 12.2. The predicted molar refractivity (Wildman–Crippen MR) is 87.4 cm³/mol. The number of nitrogens with one attached hydrogen (secondary N) is 1. The van der Waals surface area contributed by atoms with Gasteiger partial charge < -0.3 is 9.88 Å². The van der Waals surface area contributed by atoms with Gasteiger partial charge in [-0.25, -0.2) is 4.98 Å². The summed E-state index contributed by atoms with van der Waals surface area (Å²) in [7, 11) is 2.05. The predicted octanol–water partition coefficient (Wildman–Crippen LogP) is 4.08. The zero-order valence-corrected chi connectivity index (χ0v) is 12.9. The van der Waals surface area contributed by atoms with Crippen LogP contribution >= 0.6 is 11.6 Å². The number of hydrogen-bond acceptors (Lipinski definition) is 2. The Balaban J connectivity index is 1.80. The highest BCUT2D eigenvalue weighted by Gasteiger charge is 2.14. The van der Waals surface area contributed by atoms with Crippen molar-refractivity contribution in [2.24, 2.45) is 7.05 Å². The van der Waals surface area contributed by atoms with E-state index in [1.807, 2.05) is 42.5 Å². The van der Waals surface area contributed by atoms with Gasteiger partial charge >= 0.3 is 0 Å². The van der Waals surface area contributed by atoms with Crippen molar-refractivity contribution in [3.63, 3.8) is 0 Å². The minimum Gasteiger partial charge on any atom is -0.330 e. The molecule has 0 aliphatic rings. The van der Waals surface area contributed by atoms with E-state index >= 15 is 0 Å². The summed E-state index contributed by atoms with van der Waals surface area (Å²) >= 11 is 6.19. The SMILES string of the molecule is CC(NCc1ccccc1Cl)c1nc2ccccc2n1C. The molecule has 108 valence electrons. The summed E-state index contributed by atoms with van der Waals surface area (Å²) in [5.74, 6) is 1.03. The van der Waals surface area contributed by atoms with Crippen molar-refractivity contribution in [2.45, 2.75) is 19.5 Å². The van der Waals surface area contributed by atoms with Crippen LogP contribution in [0.25, 0.3) is 11.0 Å². The monoisotopic (exact) mass is 299 g/mol. The largest absolute Gasteiger partial charge is 0.330 e. The van der Waals surface area contributed by atoms with Crippen molar-refractivity contribution in [2.75, 3.05) is 0 Å². The maximum Gasteiger partial charge on any atom is 0.126 e. The Hall–Kier alpha value is -1.84. The topological polar surface area (TPSA) is 29.9 Å². The first-order chi connectivity index (χ1) is 10.2. The molecule has 0 saturated carbocycles. The highest BCUT2D eigenvalue weighted by molar-refractivity contribution is 6.31. The number of halogens is 1. The van der Waals surface area contributed by atoms with Crippen LogP contribution in [-0.4, -0.2) is 9.55 Å². The quantitative estimate of drug-likeness (QED) is 0.787. The fourth-order valence-corrected chi connectivity index (χ4v) is 2.75. The van der Waals surface area contributed by atoms with Gasteiger partial charge in [0.25, 0.3) is 0 Å². The van der Waals surface area contributed by atoms with Gasteiger partial charge in [0.2, 0.25) is 0 Å². The van der Waals surface area contributed by atoms with E-state index in [9.17, 15) is 0 Å². The third kappa shape index (κ3) is 2.80. The average Bonchev–Trinajstić information content (AvgIpc) is 2.84. The lowest BCUT2D eigenvalue weighted by molar-refractivity contribution is 0.533. The molecule has 3 rings (SSSR count). The van der Waals surface area contributed by atoms with E-state index in [-0.39, 0.29) is 6.04 Å². The van der Waals surface area contributed by atoms with Crippen molar-refractivity contribution in [3.05, 3.63) is 64.9 Å². The Bertz CT molecular complexity index is 764.